The highest BCUT2D eigenvalue weighted by Gasteiger charge is 2.09. The molecule has 0 unspecified atom stereocenters. The first kappa shape index (κ1) is 12.5. The second-order valence-electron chi connectivity index (χ2n) is 4.24. The van der Waals surface area contributed by atoms with E-state index in [0.717, 1.165) is 16.5 Å². The molecule has 1 aromatic carbocycles. The van der Waals surface area contributed by atoms with Gasteiger partial charge in [0, 0.05) is 18.1 Å². The Balaban J connectivity index is 2.19. The van der Waals surface area contributed by atoms with Gasteiger partial charge in [0.2, 0.25) is 0 Å². The van der Waals surface area contributed by atoms with Gasteiger partial charge in [-0.05, 0) is 18.7 Å². The van der Waals surface area contributed by atoms with Crippen LogP contribution in [0.25, 0.3) is 10.9 Å². The average molecular weight is 244 g/mol. The maximum absolute atomic E-state index is 11.2. The monoisotopic (exact) mass is 244 g/mol. The maximum Gasteiger partial charge on any atom is 0.319 e. The van der Waals surface area contributed by atoms with Gasteiger partial charge < -0.3 is 4.74 Å². The number of hydrogen-bond acceptors (Lipinski definition) is 4. The van der Waals surface area contributed by atoms with E-state index in [1.54, 1.807) is 6.20 Å². The van der Waals surface area contributed by atoms with Crippen molar-refractivity contribution in [1.29, 1.82) is 0 Å². The molecule has 4 nitrogen and oxygen atoms in total. The fourth-order valence-corrected chi connectivity index (χ4v) is 1.93. The van der Waals surface area contributed by atoms with Crippen molar-refractivity contribution in [3.8, 4) is 0 Å². The minimum atomic E-state index is -0.231. The topological polar surface area (TPSA) is 42.4 Å². The Morgan fingerprint density at radius 1 is 1.33 bits per heavy atom. The molecule has 0 fully saturated rings. The minimum Gasteiger partial charge on any atom is -0.468 e. The molecule has 0 aliphatic heterocycles. The van der Waals surface area contributed by atoms with E-state index >= 15 is 0 Å². The number of carbonyl (C=O) groups excluding carboxylic acids is 1. The van der Waals surface area contributed by atoms with Gasteiger partial charge in [-0.25, -0.2) is 0 Å². The predicted octanol–water partition coefficient (Wildman–Crippen LogP) is 1.84. The molecular weight excluding hydrogens is 228 g/mol. The molecule has 0 radical (unpaired) electrons. The lowest BCUT2D eigenvalue weighted by molar-refractivity contribution is -0.141. The number of fused-ring (bicyclic) bond motifs is 1. The predicted molar refractivity (Wildman–Crippen MR) is 70.1 cm³/mol. The van der Waals surface area contributed by atoms with Gasteiger partial charge >= 0.3 is 5.97 Å². The Hall–Kier alpha value is -1.94. The molecular formula is C14H16N2O2. The van der Waals surface area contributed by atoms with E-state index in [9.17, 15) is 4.79 Å². The van der Waals surface area contributed by atoms with E-state index in [-0.39, 0.29) is 12.5 Å². The first-order valence-electron chi connectivity index (χ1n) is 5.78. The molecule has 1 heterocycles. The molecule has 0 N–H and O–H groups in total. The maximum atomic E-state index is 11.2. The van der Waals surface area contributed by atoms with Crippen LogP contribution in [0.4, 0.5) is 0 Å². The molecule has 4 heteroatoms. The summed E-state index contributed by atoms with van der Waals surface area (Å²) in [6, 6.07) is 10.0. The van der Waals surface area contributed by atoms with Gasteiger partial charge in [0.05, 0.1) is 19.2 Å². The van der Waals surface area contributed by atoms with Gasteiger partial charge in [0.25, 0.3) is 0 Å². The van der Waals surface area contributed by atoms with E-state index < -0.39 is 0 Å². The zero-order valence-corrected chi connectivity index (χ0v) is 10.6. The number of methoxy groups -OCH3 is 1. The molecule has 0 amide bonds. The molecule has 2 aromatic rings. The first-order valence-corrected chi connectivity index (χ1v) is 5.78. The molecule has 0 bridgehead atoms. The lowest BCUT2D eigenvalue weighted by Gasteiger charge is -2.15. The summed E-state index contributed by atoms with van der Waals surface area (Å²) in [6.07, 6.45) is 1.78. The van der Waals surface area contributed by atoms with Crippen molar-refractivity contribution in [3.05, 3.63) is 42.1 Å². The molecule has 2 rings (SSSR count). The van der Waals surface area contributed by atoms with Crippen LogP contribution >= 0.6 is 0 Å². The summed E-state index contributed by atoms with van der Waals surface area (Å²) in [7, 11) is 3.29. The summed E-state index contributed by atoms with van der Waals surface area (Å²) in [5, 5.41) is 1.11. The number of carbonyl (C=O) groups is 1. The Morgan fingerprint density at radius 2 is 2.11 bits per heavy atom. The van der Waals surface area contributed by atoms with Crippen LogP contribution in [0, 0.1) is 0 Å². The fraction of sp³-hybridized carbons (Fsp3) is 0.286. The van der Waals surface area contributed by atoms with Crippen LogP contribution in [-0.2, 0) is 16.1 Å². The van der Waals surface area contributed by atoms with E-state index in [4.69, 9.17) is 0 Å². The molecule has 0 spiro atoms. The lowest BCUT2D eigenvalue weighted by atomic mass is 10.1. The van der Waals surface area contributed by atoms with Gasteiger partial charge in [-0.1, -0.05) is 24.3 Å². The number of hydrogen-bond donors (Lipinski definition) is 0. The van der Waals surface area contributed by atoms with Gasteiger partial charge in [-0.15, -0.1) is 0 Å². The third-order valence-electron chi connectivity index (χ3n) is 2.78. The minimum absolute atomic E-state index is 0.231. The second-order valence-corrected chi connectivity index (χ2v) is 4.24. The average Bonchev–Trinajstić information content (AvgIpc) is 2.39. The quantitative estimate of drug-likeness (QED) is 0.770. The van der Waals surface area contributed by atoms with Crippen molar-refractivity contribution in [2.24, 2.45) is 0 Å². The lowest BCUT2D eigenvalue weighted by Crippen LogP contribution is -2.26. The van der Waals surface area contributed by atoms with Gasteiger partial charge in [0.15, 0.2) is 0 Å². The van der Waals surface area contributed by atoms with Crippen LogP contribution in [-0.4, -0.2) is 36.6 Å². The molecule has 0 saturated carbocycles. The molecule has 0 saturated heterocycles. The van der Waals surface area contributed by atoms with Gasteiger partial charge in [-0.2, -0.15) is 0 Å². The normalized spacial score (nSPS) is 10.8. The van der Waals surface area contributed by atoms with Gasteiger partial charge in [0.1, 0.15) is 0 Å². The smallest absolute Gasteiger partial charge is 0.319 e. The second kappa shape index (κ2) is 5.60. The van der Waals surface area contributed by atoms with Crippen LogP contribution in [0.1, 0.15) is 5.56 Å². The Kier molecular flexibility index (Phi) is 3.89. The van der Waals surface area contributed by atoms with Crippen molar-refractivity contribution in [2.45, 2.75) is 6.54 Å². The standard InChI is InChI=1S/C14H16N2O2/c1-16(10-13(17)18-2)9-12-6-3-5-11-7-4-8-15-14(11)12/h3-8H,9-10H2,1-2H3. The number of benzene rings is 1. The zero-order valence-electron chi connectivity index (χ0n) is 10.6. The van der Waals surface area contributed by atoms with Gasteiger partial charge in [-0.3, -0.25) is 14.7 Å². The third kappa shape index (κ3) is 2.84. The first-order chi connectivity index (χ1) is 8.70. The summed E-state index contributed by atoms with van der Waals surface area (Å²) >= 11 is 0. The number of aromatic nitrogens is 1. The van der Waals surface area contributed by atoms with Crippen molar-refractivity contribution < 1.29 is 9.53 Å². The summed E-state index contributed by atoms with van der Waals surface area (Å²) in [6.45, 7) is 0.948. The number of rotatable bonds is 4. The number of nitrogens with zero attached hydrogens (tertiary/aromatic N) is 2. The number of pyridine rings is 1. The number of likely N-dealkylation sites (N-methyl/N-ethyl adjacent to an activating group) is 1. The molecule has 1 aromatic heterocycles. The highest BCUT2D eigenvalue weighted by molar-refractivity contribution is 5.81. The molecule has 0 atom stereocenters. The van der Waals surface area contributed by atoms with E-state index in [2.05, 4.69) is 9.72 Å². The SMILES string of the molecule is COC(=O)CN(C)Cc1cccc2cccnc12. The number of esters is 1. The van der Waals surface area contributed by atoms with Crippen molar-refractivity contribution in [2.75, 3.05) is 20.7 Å². The van der Waals surface area contributed by atoms with Crippen molar-refractivity contribution in [3.63, 3.8) is 0 Å². The molecule has 0 aliphatic rings. The summed E-state index contributed by atoms with van der Waals surface area (Å²) < 4.78 is 4.65. The largest absolute Gasteiger partial charge is 0.468 e. The zero-order chi connectivity index (χ0) is 13.0. The Labute approximate surface area is 106 Å². The van der Waals surface area contributed by atoms with Crippen LogP contribution < -0.4 is 0 Å². The Morgan fingerprint density at radius 3 is 2.89 bits per heavy atom. The highest BCUT2D eigenvalue weighted by Crippen LogP contribution is 2.17. The van der Waals surface area contributed by atoms with Crippen molar-refractivity contribution in [1.82, 2.24) is 9.88 Å². The van der Waals surface area contributed by atoms with E-state index in [1.165, 1.54) is 7.11 Å². The van der Waals surface area contributed by atoms with E-state index in [0.29, 0.717) is 6.54 Å². The Bertz CT molecular complexity index is 549. The van der Waals surface area contributed by atoms with Crippen LogP contribution in [0.5, 0.6) is 0 Å². The van der Waals surface area contributed by atoms with Crippen LogP contribution in [0.2, 0.25) is 0 Å². The third-order valence-corrected chi connectivity index (χ3v) is 2.78. The van der Waals surface area contributed by atoms with Crippen molar-refractivity contribution >= 4 is 16.9 Å². The highest BCUT2D eigenvalue weighted by atomic mass is 16.5. The molecule has 0 aliphatic carbocycles. The summed E-state index contributed by atoms with van der Waals surface area (Å²) in [5.41, 5.74) is 2.09. The summed E-state index contributed by atoms with van der Waals surface area (Å²) in [4.78, 5) is 17.5. The fourth-order valence-electron chi connectivity index (χ4n) is 1.93. The van der Waals surface area contributed by atoms with Crippen LogP contribution in [0.15, 0.2) is 36.5 Å². The van der Waals surface area contributed by atoms with Crippen LogP contribution in [0.3, 0.4) is 0 Å². The van der Waals surface area contributed by atoms with E-state index in [1.807, 2.05) is 42.3 Å². The molecule has 18 heavy (non-hydrogen) atoms. The number of ether oxygens (including phenoxy) is 1. The molecule has 94 valence electrons. The summed E-state index contributed by atoms with van der Waals surface area (Å²) in [5.74, 6) is -0.231. The number of para-hydroxylation sites is 1.